The summed E-state index contributed by atoms with van der Waals surface area (Å²) in [5, 5.41) is 10.4. The number of nitrogen functional groups attached to an aromatic ring is 1. The minimum absolute atomic E-state index is 0.0447. The fraction of sp³-hybridized carbons (Fsp3) is 0.571. The van der Waals surface area contributed by atoms with E-state index in [4.69, 9.17) is 23.3 Å². The van der Waals surface area contributed by atoms with Crippen LogP contribution in [0.4, 0.5) is 26.4 Å². The van der Waals surface area contributed by atoms with Gasteiger partial charge in [-0.05, 0) is 25.8 Å². The van der Waals surface area contributed by atoms with Gasteiger partial charge in [-0.2, -0.15) is 13.8 Å². The molecule has 4 rings (SSSR count). The summed E-state index contributed by atoms with van der Waals surface area (Å²) in [6.45, 7) is 1.41. The standard InChI is InChI=1S/C21H27BF2N6O3/c1-21(31)3-5-29(12-21)20-27-15(13-8-16(33-19(23)24)18(25)26-10-13)9-17(28-20)30-6-7-32-11-14(30)2-4-22/h8-10,14,19,31H,2-7,11-12H2,1H3,(H2,25,26)/t14-,21?/m0/s1. The number of aromatic nitrogens is 3. The molecule has 4 heterocycles. The molecule has 2 aliphatic heterocycles. The van der Waals surface area contributed by atoms with Gasteiger partial charge >= 0.3 is 6.61 Å². The summed E-state index contributed by atoms with van der Waals surface area (Å²) in [5.74, 6) is 0.740. The van der Waals surface area contributed by atoms with Crippen LogP contribution in [0.15, 0.2) is 18.3 Å². The number of anilines is 3. The predicted molar refractivity (Wildman–Crippen MR) is 121 cm³/mol. The van der Waals surface area contributed by atoms with Crippen LogP contribution >= 0.6 is 0 Å². The molecular formula is C21H27BF2N6O3. The van der Waals surface area contributed by atoms with E-state index in [1.165, 1.54) is 12.3 Å². The second-order valence-corrected chi connectivity index (χ2v) is 8.57. The van der Waals surface area contributed by atoms with Gasteiger partial charge in [0.15, 0.2) is 11.6 Å². The summed E-state index contributed by atoms with van der Waals surface area (Å²) < 4.78 is 35.8. The molecule has 2 aliphatic rings. The van der Waals surface area contributed by atoms with Crippen molar-refractivity contribution in [1.82, 2.24) is 15.0 Å². The molecule has 2 fully saturated rings. The number of rotatable bonds is 7. The number of nitrogens with two attached hydrogens (primary N) is 1. The van der Waals surface area contributed by atoms with Crippen molar-refractivity contribution in [2.75, 3.05) is 48.4 Å². The Bertz CT molecular complexity index is 981. The lowest BCUT2D eigenvalue weighted by atomic mass is 9.96. The molecule has 0 amide bonds. The Labute approximate surface area is 192 Å². The number of nitrogens with zero attached hydrogens (tertiary/aromatic N) is 5. The maximum Gasteiger partial charge on any atom is 0.387 e. The number of morpholine rings is 1. The minimum atomic E-state index is -3.03. The number of halogens is 2. The third-order valence-corrected chi connectivity index (χ3v) is 5.85. The molecular weight excluding hydrogens is 433 g/mol. The summed E-state index contributed by atoms with van der Waals surface area (Å²) in [6.07, 6.45) is 3.27. The fourth-order valence-electron chi connectivity index (χ4n) is 4.15. The quantitative estimate of drug-likeness (QED) is 0.599. The molecule has 0 bridgehead atoms. The molecule has 2 aromatic rings. The van der Waals surface area contributed by atoms with Gasteiger partial charge in [-0.25, -0.2) is 9.97 Å². The molecule has 2 radical (unpaired) electrons. The Morgan fingerprint density at radius 3 is 2.88 bits per heavy atom. The van der Waals surface area contributed by atoms with E-state index in [-0.39, 0.29) is 17.6 Å². The molecule has 12 heteroatoms. The van der Waals surface area contributed by atoms with Crippen LogP contribution in [0.1, 0.15) is 19.8 Å². The van der Waals surface area contributed by atoms with Crippen LogP contribution in [-0.4, -0.2) is 79.0 Å². The molecule has 3 N–H and O–H groups in total. The predicted octanol–water partition coefficient (Wildman–Crippen LogP) is 1.87. The number of β-amino-alcohol motifs (C(OH)–C–C–N with tert-alkyl or cyclic N) is 1. The summed E-state index contributed by atoms with van der Waals surface area (Å²) in [6, 6.07) is 3.22. The van der Waals surface area contributed by atoms with Crippen molar-refractivity contribution in [3.05, 3.63) is 18.3 Å². The van der Waals surface area contributed by atoms with Gasteiger partial charge in [-0.3, -0.25) is 0 Å². The zero-order valence-corrected chi connectivity index (χ0v) is 18.5. The minimum Gasteiger partial charge on any atom is -0.431 e. The van der Waals surface area contributed by atoms with Crippen molar-refractivity contribution in [1.29, 1.82) is 0 Å². The van der Waals surface area contributed by atoms with Crippen LogP contribution in [0, 0.1) is 0 Å². The maximum absolute atomic E-state index is 12.8. The Morgan fingerprint density at radius 1 is 1.36 bits per heavy atom. The van der Waals surface area contributed by atoms with Crippen molar-refractivity contribution < 1.29 is 23.4 Å². The highest BCUT2D eigenvalue weighted by atomic mass is 19.3. The molecule has 0 aromatic carbocycles. The van der Waals surface area contributed by atoms with Crippen LogP contribution in [0.25, 0.3) is 11.3 Å². The lowest BCUT2D eigenvalue weighted by molar-refractivity contribution is -0.0494. The first kappa shape index (κ1) is 23.4. The highest BCUT2D eigenvalue weighted by molar-refractivity contribution is 6.08. The summed E-state index contributed by atoms with van der Waals surface area (Å²) in [5.41, 5.74) is 5.79. The zero-order valence-electron chi connectivity index (χ0n) is 18.5. The first-order valence-corrected chi connectivity index (χ1v) is 10.9. The highest BCUT2D eigenvalue weighted by Gasteiger charge is 2.34. The third kappa shape index (κ3) is 5.44. The lowest BCUT2D eigenvalue weighted by Gasteiger charge is -2.37. The smallest absolute Gasteiger partial charge is 0.387 e. The molecule has 0 saturated carbocycles. The van der Waals surface area contributed by atoms with E-state index in [2.05, 4.69) is 19.6 Å². The second kappa shape index (κ2) is 9.64. The van der Waals surface area contributed by atoms with Gasteiger partial charge in [0.25, 0.3) is 0 Å². The van der Waals surface area contributed by atoms with Crippen molar-refractivity contribution in [2.45, 2.75) is 44.3 Å². The number of ether oxygens (including phenoxy) is 2. The average molecular weight is 460 g/mol. The van der Waals surface area contributed by atoms with E-state index in [1.54, 1.807) is 13.0 Å². The van der Waals surface area contributed by atoms with Gasteiger partial charge in [0.05, 0.1) is 38.4 Å². The zero-order chi connectivity index (χ0) is 23.6. The summed E-state index contributed by atoms with van der Waals surface area (Å²) in [7, 11) is 5.80. The maximum atomic E-state index is 12.8. The van der Waals surface area contributed by atoms with Crippen LogP contribution in [-0.2, 0) is 4.74 Å². The number of alkyl halides is 2. The molecule has 0 aliphatic carbocycles. The van der Waals surface area contributed by atoms with E-state index < -0.39 is 12.2 Å². The molecule has 176 valence electrons. The molecule has 2 aromatic heterocycles. The van der Waals surface area contributed by atoms with Crippen LogP contribution in [0.5, 0.6) is 5.75 Å². The van der Waals surface area contributed by atoms with Gasteiger partial charge in [-0.1, -0.05) is 6.32 Å². The Hall–Kier alpha value is -2.73. The van der Waals surface area contributed by atoms with E-state index in [0.29, 0.717) is 68.6 Å². The average Bonchev–Trinajstić information content (AvgIpc) is 3.15. The van der Waals surface area contributed by atoms with Crippen LogP contribution in [0.3, 0.4) is 0 Å². The van der Waals surface area contributed by atoms with E-state index in [9.17, 15) is 13.9 Å². The van der Waals surface area contributed by atoms with Gasteiger partial charge in [0.1, 0.15) is 5.82 Å². The molecule has 1 unspecified atom stereocenters. The van der Waals surface area contributed by atoms with Gasteiger partial charge < -0.3 is 30.1 Å². The number of aliphatic hydroxyl groups is 1. The monoisotopic (exact) mass is 460 g/mol. The Morgan fingerprint density at radius 2 is 2.18 bits per heavy atom. The van der Waals surface area contributed by atoms with Crippen molar-refractivity contribution in [3.63, 3.8) is 0 Å². The molecule has 2 atom stereocenters. The Kier molecular flexibility index (Phi) is 6.85. The molecule has 9 nitrogen and oxygen atoms in total. The van der Waals surface area contributed by atoms with E-state index in [1.807, 2.05) is 4.90 Å². The number of hydrogen-bond acceptors (Lipinski definition) is 9. The van der Waals surface area contributed by atoms with Crippen LogP contribution in [0.2, 0.25) is 6.32 Å². The highest BCUT2D eigenvalue weighted by Crippen LogP contribution is 2.33. The normalized spacial score (nSPS) is 23.4. The number of hydrogen-bond donors (Lipinski definition) is 2. The van der Waals surface area contributed by atoms with Crippen LogP contribution < -0.4 is 20.3 Å². The lowest BCUT2D eigenvalue weighted by Crippen LogP contribution is -2.46. The largest absolute Gasteiger partial charge is 0.431 e. The molecule has 33 heavy (non-hydrogen) atoms. The first-order valence-electron chi connectivity index (χ1n) is 10.9. The topological polar surface area (TPSA) is 110 Å². The fourth-order valence-corrected chi connectivity index (χ4v) is 4.15. The Balaban J connectivity index is 1.76. The summed E-state index contributed by atoms with van der Waals surface area (Å²) >= 11 is 0. The molecule has 0 spiro atoms. The van der Waals surface area contributed by atoms with Gasteiger partial charge in [0.2, 0.25) is 5.95 Å². The van der Waals surface area contributed by atoms with E-state index >= 15 is 0 Å². The van der Waals surface area contributed by atoms with Crippen molar-refractivity contribution >= 4 is 25.4 Å². The second-order valence-electron chi connectivity index (χ2n) is 8.57. The first-order chi connectivity index (χ1) is 15.8. The summed E-state index contributed by atoms with van der Waals surface area (Å²) in [4.78, 5) is 17.5. The van der Waals surface area contributed by atoms with E-state index in [0.717, 1.165) is 6.42 Å². The third-order valence-electron chi connectivity index (χ3n) is 5.85. The van der Waals surface area contributed by atoms with Crippen molar-refractivity contribution in [2.24, 2.45) is 0 Å². The SMILES string of the molecule is [B]CC[C@H]1COCCN1c1cc(-c2cnc(N)c(OC(F)F)c2)nc(N2CCC(C)(O)C2)n1. The van der Waals surface area contributed by atoms with Crippen molar-refractivity contribution in [3.8, 4) is 17.0 Å². The number of pyridine rings is 1. The molecule has 2 saturated heterocycles. The van der Waals surface area contributed by atoms with Gasteiger partial charge in [-0.15, -0.1) is 0 Å². The van der Waals surface area contributed by atoms with Gasteiger partial charge in [0, 0.05) is 37.5 Å².